The fraction of sp³-hybridized carbons (Fsp3) is 0.667. The quantitative estimate of drug-likeness (QED) is 0.446. The molecule has 0 unspecified atom stereocenters. The van der Waals surface area contributed by atoms with Gasteiger partial charge in [0.2, 0.25) is 0 Å². The van der Waals surface area contributed by atoms with Gasteiger partial charge in [0.25, 0.3) is 0 Å². The van der Waals surface area contributed by atoms with E-state index in [2.05, 4.69) is 6.92 Å². The number of aromatic hydroxyl groups is 1. The Bertz CT molecular complexity index is 499. The van der Waals surface area contributed by atoms with Crippen molar-refractivity contribution < 1.29 is 19.7 Å². The predicted octanol–water partition coefficient (Wildman–Crippen LogP) is 5.31. The Balaban J connectivity index is 2.17. The number of phenols is 1. The number of ether oxygens (including phenoxy) is 1. The molecule has 0 aliphatic rings. The molecule has 1 aromatic rings. The van der Waals surface area contributed by atoms with E-state index < -0.39 is 6.10 Å². The van der Waals surface area contributed by atoms with Crippen LogP contribution >= 0.6 is 0 Å². The zero-order valence-corrected chi connectivity index (χ0v) is 15.8. The lowest BCUT2D eigenvalue weighted by Crippen LogP contribution is -2.07. The second-order valence-corrected chi connectivity index (χ2v) is 6.77. The summed E-state index contributed by atoms with van der Waals surface area (Å²) in [4.78, 5) is 12.0. The minimum absolute atomic E-state index is 0.0273. The number of methoxy groups -OCH3 is 1. The van der Waals surface area contributed by atoms with Gasteiger partial charge in [-0.25, -0.2) is 0 Å². The van der Waals surface area contributed by atoms with Crippen molar-refractivity contribution in [2.75, 3.05) is 7.11 Å². The van der Waals surface area contributed by atoms with Crippen LogP contribution in [0.25, 0.3) is 0 Å². The van der Waals surface area contributed by atoms with Crippen LogP contribution in [0, 0.1) is 0 Å². The highest BCUT2D eigenvalue weighted by atomic mass is 16.5. The number of carbonyl (C=O) groups excluding carboxylic acids is 1. The SMILES string of the molecule is CCCCCCCCCCCC(=O)C[C@H](O)c1ccc(O)c(OC)c1. The lowest BCUT2D eigenvalue weighted by molar-refractivity contribution is -0.121. The molecule has 1 rings (SSSR count). The standard InChI is InChI=1S/C21H34O4/c1-3-4-5-6-7-8-9-10-11-12-18(22)16-20(24)17-13-14-19(23)21(15-17)25-2/h13-15,20,23-24H,3-12,16H2,1-2H3/t20-/m0/s1. The molecule has 0 saturated heterocycles. The Morgan fingerprint density at radius 3 is 2.24 bits per heavy atom. The maximum Gasteiger partial charge on any atom is 0.160 e. The van der Waals surface area contributed by atoms with Gasteiger partial charge in [-0.15, -0.1) is 0 Å². The molecule has 0 aliphatic heterocycles. The first-order valence-electron chi connectivity index (χ1n) is 9.65. The number of aliphatic hydroxyl groups excluding tert-OH is 1. The van der Waals surface area contributed by atoms with Crippen LogP contribution in [0.1, 0.15) is 89.2 Å². The van der Waals surface area contributed by atoms with E-state index >= 15 is 0 Å². The number of rotatable bonds is 14. The Hall–Kier alpha value is -1.55. The number of hydrogen-bond donors (Lipinski definition) is 2. The Morgan fingerprint density at radius 1 is 1.04 bits per heavy atom. The molecule has 0 aliphatic carbocycles. The molecule has 0 bridgehead atoms. The highest BCUT2D eigenvalue weighted by Crippen LogP contribution is 2.30. The number of aliphatic hydroxyl groups is 1. The normalized spacial score (nSPS) is 12.1. The predicted molar refractivity (Wildman–Crippen MR) is 101 cm³/mol. The summed E-state index contributed by atoms with van der Waals surface area (Å²) >= 11 is 0. The maximum absolute atomic E-state index is 12.0. The van der Waals surface area contributed by atoms with Gasteiger partial charge < -0.3 is 14.9 Å². The Morgan fingerprint density at radius 2 is 1.64 bits per heavy atom. The van der Waals surface area contributed by atoms with Gasteiger partial charge in [-0.3, -0.25) is 4.79 Å². The minimum Gasteiger partial charge on any atom is -0.504 e. The van der Waals surface area contributed by atoms with Crippen molar-refractivity contribution >= 4 is 5.78 Å². The topological polar surface area (TPSA) is 66.8 Å². The summed E-state index contributed by atoms with van der Waals surface area (Å²) < 4.78 is 5.03. The average molecular weight is 350 g/mol. The molecule has 0 fully saturated rings. The van der Waals surface area contributed by atoms with Crippen molar-refractivity contribution in [3.63, 3.8) is 0 Å². The third-order valence-electron chi connectivity index (χ3n) is 4.57. The monoisotopic (exact) mass is 350 g/mol. The third kappa shape index (κ3) is 8.92. The molecule has 2 N–H and O–H groups in total. The molecule has 4 heteroatoms. The first-order chi connectivity index (χ1) is 12.1. The summed E-state index contributed by atoms with van der Waals surface area (Å²) in [5.41, 5.74) is 0.593. The van der Waals surface area contributed by atoms with Gasteiger partial charge in [0.15, 0.2) is 11.5 Å². The zero-order chi connectivity index (χ0) is 18.5. The maximum atomic E-state index is 12.0. The van der Waals surface area contributed by atoms with Crippen LogP contribution in [-0.4, -0.2) is 23.1 Å². The lowest BCUT2D eigenvalue weighted by Gasteiger charge is -2.12. The first-order valence-corrected chi connectivity index (χ1v) is 9.65. The van der Waals surface area contributed by atoms with E-state index in [1.807, 2.05) is 0 Å². The van der Waals surface area contributed by atoms with E-state index in [0.29, 0.717) is 17.7 Å². The Labute approximate surface area is 152 Å². The molecule has 0 heterocycles. The summed E-state index contributed by atoms with van der Waals surface area (Å²) in [5.74, 6) is 0.421. The number of ketones is 1. The van der Waals surface area contributed by atoms with Crippen LogP contribution < -0.4 is 4.74 Å². The van der Waals surface area contributed by atoms with Crippen molar-refractivity contribution in [2.24, 2.45) is 0 Å². The van der Waals surface area contributed by atoms with E-state index in [1.165, 1.54) is 58.1 Å². The van der Waals surface area contributed by atoms with Crippen LogP contribution in [0.4, 0.5) is 0 Å². The number of Topliss-reactive ketones (excluding diaryl/α,β-unsaturated/α-hetero) is 1. The van der Waals surface area contributed by atoms with Crippen LogP contribution in [-0.2, 0) is 4.79 Å². The smallest absolute Gasteiger partial charge is 0.160 e. The lowest BCUT2D eigenvalue weighted by atomic mass is 10.00. The number of unbranched alkanes of at least 4 members (excludes halogenated alkanes) is 8. The molecule has 1 atom stereocenters. The van der Waals surface area contributed by atoms with Crippen LogP contribution in [0.2, 0.25) is 0 Å². The molecular formula is C21H34O4. The molecule has 0 spiro atoms. The molecule has 4 nitrogen and oxygen atoms in total. The molecule has 142 valence electrons. The molecule has 0 saturated carbocycles. The van der Waals surface area contributed by atoms with E-state index in [4.69, 9.17) is 4.74 Å². The highest BCUT2D eigenvalue weighted by molar-refractivity contribution is 5.79. The van der Waals surface area contributed by atoms with Gasteiger partial charge in [-0.05, 0) is 24.1 Å². The van der Waals surface area contributed by atoms with Gasteiger partial charge in [0.05, 0.1) is 13.2 Å². The van der Waals surface area contributed by atoms with Crippen molar-refractivity contribution in [3.05, 3.63) is 23.8 Å². The number of carbonyl (C=O) groups is 1. The summed E-state index contributed by atoms with van der Waals surface area (Å²) in [6.45, 7) is 2.23. The fourth-order valence-electron chi connectivity index (χ4n) is 2.97. The minimum atomic E-state index is -0.847. The Kier molecular flexibility index (Phi) is 11.0. The zero-order valence-electron chi connectivity index (χ0n) is 15.8. The second kappa shape index (κ2) is 12.8. The molecule has 0 aromatic heterocycles. The summed E-state index contributed by atoms with van der Waals surface area (Å²) in [6.07, 6.45) is 10.8. The van der Waals surface area contributed by atoms with E-state index in [9.17, 15) is 15.0 Å². The van der Waals surface area contributed by atoms with Crippen LogP contribution in [0.5, 0.6) is 11.5 Å². The van der Waals surface area contributed by atoms with Gasteiger partial charge >= 0.3 is 0 Å². The van der Waals surface area contributed by atoms with Crippen molar-refractivity contribution in [2.45, 2.75) is 83.7 Å². The van der Waals surface area contributed by atoms with Gasteiger partial charge in [0.1, 0.15) is 5.78 Å². The molecule has 25 heavy (non-hydrogen) atoms. The highest BCUT2D eigenvalue weighted by Gasteiger charge is 2.15. The van der Waals surface area contributed by atoms with Crippen molar-refractivity contribution in [3.8, 4) is 11.5 Å². The van der Waals surface area contributed by atoms with Crippen molar-refractivity contribution in [1.82, 2.24) is 0 Å². The molecule has 0 radical (unpaired) electrons. The molecular weight excluding hydrogens is 316 g/mol. The summed E-state index contributed by atoms with van der Waals surface area (Å²) in [7, 11) is 1.46. The summed E-state index contributed by atoms with van der Waals surface area (Å²) in [6, 6.07) is 4.67. The van der Waals surface area contributed by atoms with Gasteiger partial charge in [-0.1, -0.05) is 64.4 Å². The number of benzene rings is 1. The van der Waals surface area contributed by atoms with E-state index in [-0.39, 0.29) is 18.0 Å². The molecule has 1 aromatic carbocycles. The van der Waals surface area contributed by atoms with E-state index in [0.717, 1.165) is 12.8 Å². The van der Waals surface area contributed by atoms with Crippen molar-refractivity contribution in [1.29, 1.82) is 0 Å². The average Bonchev–Trinajstić information content (AvgIpc) is 2.60. The van der Waals surface area contributed by atoms with E-state index in [1.54, 1.807) is 12.1 Å². The van der Waals surface area contributed by atoms with Gasteiger partial charge in [-0.2, -0.15) is 0 Å². The molecule has 0 amide bonds. The largest absolute Gasteiger partial charge is 0.504 e. The van der Waals surface area contributed by atoms with Crippen LogP contribution in [0.3, 0.4) is 0 Å². The van der Waals surface area contributed by atoms with Crippen LogP contribution in [0.15, 0.2) is 18.2 Å². The summed E-state index contributed by atoms with van der Waals surface area (Å²) in [5, 5.41) is 19.8. The third-order valence-corrected chi connectivity index (χ3v) is 4.57. The second-order valence-electron chi connectivity index (χ2n) is 6.77. The van der Waals surface area contributed by atoms with Gasteiger partial charge in [0, 0.05) is 12.8 Å². The number of phenolic OH excluding ortho intramolecular Hbond substituents is 1. The number of hydrogen-bond acceptors (Lipinski definition) is 4. The fourth-order valence-corrected chi connectivity index (χ4v) is 2.97. The first kappa shape index (κ1) is 21.5.